The number of carboxylic acids is 1. The van der Waals surface area contributed by atoms with Gasteiger partial charge in [-0.3, -0.25) is 4.57 Å². The summed E-state index contributed by atoms with van der Waals surface area (Å²) in [6.45, 7) is 0.440. The summed E-state index contributed by atoms with van der Waals surface area (Å²) in [5, 5.41) is 8.52. The predicted molar refractivity (Wildman–Crippen MR) is 70.7 cm³/mol. The van der Waals surface area contributed by atoms with Crippen molar-refractivity contribution in [2.75, 3.05) is 0 Å². The molecule has 1 aromatic heterocycles. The van der Waals surface area contributed by atoms with E-state index in [1.807, 2.05) is 12.1 Å². The fourth-order valence-electron chi connectivity index (χ4n) is 1.61. The number of carboxylic acid groups (broad SMARTS) is 1. The summed E-state index contributed by atoms with van der Waals surface area (Å²) >= 11 is 0. The average molecular weight is 256 g/mol. The lowest BCUT2D eigenvalue weighted by molar-refractivity contribution is -0.131. The number of benzene rings is 1. The Balaban J connectivity index is 2.13. The van der Waals surface area contributed by atoms with Crippen LogP contribution in [-0.2, 0) is 11.3 Å². The van der Waals surface area contributed by atoms with Crippen LogP contribution in [0.5, 0.6) is 0 Å². The molecule has 1 N–H and O–H groups in total. The van der Waals surface area contributed by atoms with Gasteiger partial charge in [0.05, 0.1) is 6.54 Å². The molecule has 0 spiro atoms. The average Bonchev–Trinajstić information content (AvgIpc) is 2.40. The van der Waals surface area contributed by atoms with Gasteiger partial charge >= 0.3 is 11.7 Å². The SMILES string of the molecule is O=C(O)/C=C/c1ccc(Cn2cccnc2=O)cc1. The Kier molecular flexibility index (Phi) is 3.87. The number of aliphatic carboxylic acids is 1. The predicted octanol–water partition coefficient (Wildman–Crippen LogP) is 1.39. The van der Waals surface area contributed by atoms with Crippen molar-refractivity contribution < 1.29 is 9.90 Å². The molecule has 2 aromatic rings. The first-order chi connectivity index (χ1) is 9.15. The molecule has 0 atom stereocenters. The molecule has 0 unspecified atom stereocenters. The highest BCUT2D eigenvalue weighted by atomic mass is 16.4. The number of hydrogen-bond donors (Lipinski definition) is 1. The first-order valence-corrected chi connectivity index (χ1v) is 5.66. The third kappa shape index (κ3) is 3.64. The lowest BCUT2D eigenvalue weighted by Gasteiger charge is -2.04. The largest absolute Gasteiger partial charge is 0.478 e. The Hall–Kier alpha value is -2.69. The molecule has 5 heteroatoms. The third-order valence-electron chi connectivity index (χ3n) is 2.53. The van der Waals surface area contributed by atoms with Crippen LogP contribution in [0, 0.1) is 0 Å². The van der Waals surface area contributed by atoms with Crippen molar-refractivity contribution in [3.8, 4) is 0 Å². The molecule has 0 saturated carbocycles. The van der Waals surface area contributed by atoms with Gasteiger partial charge in [0.1, 0.15) is 0 Å². The van der Waals surface area contributed by atoms with Crippen LogP contribution in [0.15, 0.2) is 53.6 Å². The Morgan fingerprint density at radius 2 is 2.05 bits per heavy atom. The molecule has 1 heterocycles. The van der Waals surface area contributed by atoms with Crippen LogP contribution in [0.25, 0.3) is 6.08 Å². The lowest BCUT2D eigenvalue weighted by Crippen LogP contribution is -2.21. The van der Waals surface area contributed by atoms with E-state index in [1.165, 1.54) is 16.8 Å². The van der Waals surface area contributed by atoms with E-state index < -0.39 is 5.97 Å². The molecule has 0 aliphatic rings. The van der Waals surface area contributed by atoms with Crippen molar-refractivity contribution in [2.24, 2.45) is 0 Å². The monoisotopic (exact) mass is 256 g/mol. The van der Waals surface area contributed by atoms with Crippen LogP contribution in [0.4, 0.5) is 0 Å². The Morgan fingerprint density at radius 1 is 1.32 bits per heavy atom. The first-order valence-electron chi connectivity index (χ1n) is 5.66. The number of rotatable bonds is 4. The minimum Gasteiger partial charge on any atom is -0.478 e. The van der Waals surface area contributed by atoms with Crippen molar-refractivity contribution in [2.45, 2.75) is 6.54 Å². The zero-order valence-electron chi connectivity index (χ0n) is 10.1. The summed E-state index contributed by atoms with van der Waals surface area (Å²) in [5.74, 6) is -0.981. The van der Waals surface area contributed by atoms with Gasteiger partial charge in [-0.2, -0.15) is 0 Å². The van der Waals surface area contributed by atoms with Crippen LogP contribution in [-0.4, -0.2) is 20.6 Å². The lowest BCUT2D eigenvalue weighted by atomic mass is 10.1. The molecule has 2 rings (SSSR count). The zero-order valence-corrected chi connectivity index (χ0v) is 10.1. The zero-order chi connectivity index (χ0) is 13.7. The maximum Gasteiger partial charge on any atom is 0.347 e. The van der Waals surface area contributed by atoms with Gasteiger partial charge in [-0.25, -0.2) is 14.6 Å². The molecular weight excluding hydrogens is 244 g/mol. The molecule has 0 amide bonds. The highest BCUT2D eigenvalue weighted by Gasteiger charge is 1.98. The van der Waals surface area contributed by atoms with E-state index in [2.05, 4.69) is 4.98 Å². The van der Waals surface area contributed by atoms with Crippen LogP contribution in [0.2, 0.25) is 0 Å². The van der Waals surface area contributed by atoms with E-state index in [4.69, 9.17) is 5.11 Å². The van der Waals surface area contributed by atoms with Gasteiger partial charge in [0.25, 0.3) is 0 Å². The fourth-order valence-corrected chi connectivity index (χ4v) is 1.61. The van der Waals surface area contributed by atoms with E-state index in [9.17, 15) is 9.59 Å². The van der Waals surface area contributed by atoms with Crippen LogP contribution < -0.4 is 5.69 Å². The van der Waals surface area contributed by atoms with Crippen LogP contribution in [0.1, 0.15) is 11.1 Å². The van der Waals surface area contributed by atoms with Gasteiger partial charge < -0.3 is 5.11 Å². The van der Waals surface area contributed by atoms with Crippen molar-refractivity contribution >= 4 is 12.0 Å². The second kappa shape index (κ2) is 5.77. The number of carbonyl (C=O) groups is 1. The topological polar surface area (TPSA) is 72.2 Å². The highest BCUT2D eigenvalue weighted by Crippen LogP contribution is 2.07. The van der Waals surface area contributed by atoms with Crippen molar-refractivity contribution in [3.05, 3.63) is 70.4 Å². The molecule has 0 aliphatic carbocycles. The number of hydrogen-bond acceptors (Lipinski definition) is 3. The second-order valence-electron chi connectivity index (χ2n) is 3.94. The van der Waals surface area contributed by atoms with Gasteiger partial charge in [0.2, 0.25) is 0 Å². The molecule has 96 valence electrons. The molecule has 1 aromatic carbocycles. The van der Waals surface area contributed by atoms with E-state index in [0.29, 0.717) is 6.54 Å². The highest BCUT2D eigenvalue weighted by molar-refractivity contribution is 5.85. The maximum absolute atomic E-state index is 11.4. The Bertz CT molecular complexity index is 657. The molecule has 0 fully saturated rings. The molecule has 5 nitrogen and oxygen atoms in total. The van der Waals surface area contributed by atoms with Crippen LogP contribution in [0.3, 0.4) is 0 Å². The fraction of sp³-hybridized carbons (Fsp3) is 0.0714. The van der Waals surface area contributed by atoms with E-state index >= 15 is 0 Å². The summed E-state index contributed by atoms with van der Waals surface area (Å²) in [5.41, 5.74) is 1.45. The van der Waals surface area contributed by atoms with E-state index in [-0.39, 0.29) is 5.69 Å². The van der Waals surface area contributed by atoms with Crippen molar-refractivity contribution in [3.63, 3.8) is 0 Å². The Labute approximate surface area is 109 Å². The van der Waals surface area contributed by atoms with E-state index in [1.54, 1.807) is 24.4 Å². The normalized spacial score (nSPS) is 10.7. The first kappa shape index (κ1) is 12.8. The van der Waals surface area contributed by atoms with Gasteiger partial charge in [-0.1, -0.05) is 24.3 Å². The van der Waals surface area contributed by atoms with E-state index in [0.717, 1.165) is 17.2 Å². The molecule has 0 aliphatic heterocycles. The summed E-state index contributed by atoms with van der Waals surface area (Å²) in [4.78, 5) is 25.5. The number of aromatic nitrogens is 2. The molecule has 0 radical (unpaired) electrons. The summed E-state index contributed by atoms with van der Waals surface area (Å²) in [7, 11) is 0. The van der Waals surface area contributed by atoms with Crippen molar-refractivity contribution in [1.82, 2.24) is 9.55 Å². The summed E-state index contributed by atoms with van der Waals surface area (Å²) in [6, 6.07) is 9.00. The minimum atomic E-state index is -0.981. The molecule has 0 saturated heterocycles. The molecular formula is C14H12N2O3. The third-order valence-corrected chi connectivity index (χ3v) is 2.53. The van der Waals surface area contributed by atoms with Gasteiger partial charge in [0.15, 0.2) is 0 Å². The minimum absolute atomic E-state index is 0.294. The van der Waals surface area contributed by atoms with Gasteiger partial charge in [-0.15, -0.1) is 0 Å². The Morgan fingerprint density at radius 3 is 2.68 bits per heavy atom. The molecule has 0 bridgehead atoms. The van der Waals surface area contributed by atoms with Gasteiger partial charge in [0, 0.05) is 18.5 Å². The standard InChI is InChI=1S/C14H12N2O3/c17-13(18)7-6-11-2-4-12(5-3-11)10-16-9-1-8-15-14(16)19/h1-9H,10H2,(H,17,18)/b7-6+. The maximum atomic E-state index is 11.4. The van der Waals surface area contributed by atoms with Gasteiger partial charge in [-0.05, 0) is 23.3 Å². The summed E-state index contributed by atoms with van der Waals surface area (Å²) < 4.78 is 1.50. The van der Waals surface area contributed by atoms with Crippen molar-refractivity contribution in [1.29, 1.82) is 0 Å². The quantitative estimate of drug-likeness (QED) is 0.839. The van der Waals surface area contributed by atoms with Crippen LogP contribution >= 0.6 is 0 Å². The summed E-state index contributed by atoms with van der Waals surface area (Å²) in [6.07, 6.45) is 5.73. The second-order valence-corrected chi connectivity index (χ2v) is 3.94. The number of nitrogens with zero attached hydrogens (tertiary/aromatic N) is 2. The smallest absolute Gasteiger partial charge is 0.347 e. The molecule has 19 heavy (non-hydrogen) atoms.